The van der Waals surface area contributed by atoms with Crippen LogP contribution >= 0.6 is 20.6 Å². The number of anilines is 2. The third-order valence-corrected chi connectivity index (χ3v) is 8.20. The highest BCUT2D eigenvalue weighted by atomic mass is 32.1. The average Bonchev–Trinajstić information content (AvgIpc) is 3.56. The minimum Gasteiger partial charge on any atom is -0.389 e. The highest BCUT2D eigenvalue weighted by Crippen LogP contribution is 2.44. The van der Waals surface area contributed by atoms with Crippen molar-refractivity contribution in [2.75, 3.05) is 23.7 Å². The van der Waals surface area contributed by atoms with Crippen LogP contribution in [0.15, 0.2) is 18.9 Å². The van der Waals surface area contributed by atoms with E-state index < -0.39 is 5.83 Å². The van der Waals surface area contributed by atoms with E-state index in [9.17, 15) is 9.65 Å². The first-order valence-electron chi connectivity index (χ1n) is 11.1. The Kier molecular flexibility index (Phi) is 5.89. The van der Waals surface area contributed by atoms with Gasteiger partial charge in [0.1, 0.15) is 16.9 Å². The number of ether oxygens (including phenoxy) is 1. The standard InChI is InChI=1S/C25H25FN5OPS/c1-4-18(26)23-20(14(7-27)24(28)34-23)13(3)19-17-11-32-10-16(17)15-8-29-25(30-21(15)22(19)33)31-6-5-12(2)9-31/h4,8,12H,3,5-6,9-11,28,33H2,1-2H3/b18-4+. The summed E-state index contributed by atoms with van der Waals surface area (Å²) in [6.07, 6.45) is 4.36. The van der Waals surface area contributed by atoms with Crippen LogP contribution in [-0.4, -0.2) is 23.1 Å². The fourth-order valence-electron chi connectivity index (χ4n) is 4.86. The molecular formula is C25H25FN5OPS. The van der Waals surface area contributed by atoms with E-state index in [0.29, 0.717) is 41.1 Å². The Morgan fingerprint density at radius 2 is 2.18 bits per heavy atom. The number of nitriles is 1. The zero-order chi connectivity index (χ0) is 24.1. The van der Waals surface area contributed by atoms with Gasteiger partial charge in [0.15, 0.2) is 0 Å². The first kappa shape index (κ1) is 22.9. The average molecular weight is 494 g/mol. The van der Waals surface area contributed by atoms with Crippen LogP contribution in [0.1, 0.15) is 53.0 Å². The second kappa shape index (κ2) is 8.74. The van der Waals surface area contributed by atoms with Crippen molar-refractivity contribution in [3.63, 3.8) is 0 Å². The molecule has 1 aromatic carbocycles. The lowest BCUT2D eigenvalue weighted by Gasteiger charge is -2.20. The minimum absolute atomic E-state index is 0.244. The number of thiophene rings is 1. The third kappa shape index (κ3) is 3.51. The maximum Gasteiger partial charge on any atom is 0.225 e. The summed E-state index contributed by atoms with van der Waals surface area (Å²) < 4.78 is 20.6. The SMILES string of the molecule is C=C(c1c(/C(F)=C\C)sc(N)c1C#N)c1c2c(c3cnc(N4CCC(C)C4)nc3c1P)COC2. The molecule has 9 heteroatoms. The molecule has 1 saturated heterocycles. The second-order valence-corrected chi connectivity index (χ2v) is 10.4. The molecule has 2 atom stereocenters. The highest BCUT2D eigenvalue weighted by Gasteiger charge is 2.30. The molecule has 2 aliphatic rings. The summed E-state index contributed by atoms with van der Waals surface area (Å²) in [5.41, 5.74) is 10.9. The molecule has 0 aliphatic carbocycles. The van der Waals surface area contributed by atoms with Gasteiger partial charge in [-0.15, -0.1) is 20.6 Å². The fraction of sp³-hybridized carbons (Fsp3) is 0.320. The zero-order valence-corrected chi connectivity index (χ0v) is 21.1. The normalized spacial score (nSPS) is 17.9. The lowest BCUT2D eigenvalue weighted by Crippen LogP contribution is -2.22. The first-order chi connectivity index (χ1) is 16.3. The van der Waals surface area contributed by atoms with Gasteiger partial charge in [-0.3, -0.25) is 0 Å². The zero-order valence-electron chi connectivity index (χ0n) is 19.1. The Balaban J connectivity index is 1.74. The predicted molar refractivity (Wildman–Crippen MR) is 140 cm³/mol. The smallest absolute Gasteiger partial charge is 0.225 e. The molecule has 0 bridgehead atoms. The molecule has 5 rings (SSSR count). The van der Waals surface area contributed by atoms with Crippen molar-refractivity contribution in [1.29, 1.82) is 5.26 Å². The molecule has 0 spiro atoms. The van der Waals surface area contributed by atoms with Gasteiger partial charge in [0.25, 0.3) is 0 Å². The molecular weight excluding hydrogens is 468 g/mol. The number of nitrogen functional groups attached to an aromatic ring is 1. The van der Waals surface area contributed by atoms with Crippen molar-refractivity contribution in [1.82, 2.24) is 9.97 Å². The second-order valence-electron chi connectivity index (χ2n) is 8.78. The van der Waals surface area contributed by atoms with E-state index in [1.54, 1.807) is 6.92 Å². The van der Waals surface area contributed by atoms with Gasteiger partial charge < -0.3 is 15.4 Å². The van der Waals surface area contributed by atoms with Crippen LogP contribution in [-0.2, 0) is 18.0 Å². The number of hydrogen-bond acceptors (Lipinski definition) is 7. The van der Waals surface area contributed by atoms with Gasteiger partial charge in [0.05, 0.1) is 29.2 Å². The summed E-state index contributed by atoms with van der Waals surface area (Å²) in [6, 6.07) is 2.15. The quantitative estimate of drug-likeness (QED) is 0.520. The van der Waals surface area contributed by atoms with E-state index in [1.807, 2.05) is 6.20 Å². The van der Waals surface area contributed by atoms with E-state index in [2.05, 4.69) is 38.7 Å². The van der Waals surface area contributed by atoms with Gasteiger partial charge in [-0.2, -0.15) is 5.26 Å². The van der Waals surface area contributed by atoms with E-state index >= 15 is 0 Å². The lowest BCUT2D eigenvalue weighted by molar-refractivity contribution is 0.135. The van der Waals surface area contributed by atoms with Gasteiger partial charge >= 0.3 is 0 Å². The Bertz CT molecular complexity index is 1420. The molecule has 4 heterocycles. The molecule has 0 radical (unpaired) electrons. The van der Waals surface area contributed by atoms with Gasteiger partial charge in [-0.25, -0.2) is 14.4 Å². The minimum atomic E-state index is -0.430. The summed E-state index contributed by atoms with van der Waals surface area (Å²) >= 11 is 1.06. The summed E-state index contributed by atoms with van der Waals surface area (Å²) in [5, 5.41) is 11.9. The van der Waals surface area contributed by atoms with Crippen molar-refractivity contribution in [2.24, 2.45) is 5.92 Å². The molecule has 34 heavy (non-hydrogen) atoms. The van der Waals surface area contributed by atoms with Gasteiger partial charge in [-0.1, -0.05) is 19.6 Å². The number of allylic oxidation sites excluding steroid dienone is 1. The van der Waals surface area contributed by atoms with E-state index in [0.717, 1.165) is 63.7 Å². The lowest BCUT2D eigenvalue weighted by atomic mass is 9.89. The Labute approximate surface area is 204 Å². The van der Waals surface area contributed by atoms with Crippen LogP contribution < -0.4 is 15.9 Å². The van der Waals surface area contributed by atoms with Gasteiger partial charge in [-0.05, 0) is 41.5 Å². The molecule has 2 aromatic heterocycles. The monoisotopic (exact) mass is 493 g/mol. The van der Waals surface area contributed by atoms with Crippen molar-refractivity contribution in [2.45, 2.75) is 33.5 Å². The molecule has 0 amide bonds. The van der Waals surface area contributed by atoms with Crippen molar-refractivity contribution in [3.8, 4) is 6.07 Å². The predicted octanol–water partition coefficient (Wildman–Crippen LogP) is 4.91. The Hall–Kier alpha value is -2.85. The van der Waals surface area contributed by atoms with Gasteiger partial charge in [0.2, 0.25) is 5.95 Å². The number of nitrogens with two attached hydrogens (primary N) is 1. The molecule has 2 N–H and O–H groups in total. The van der Waals surface area contributed by atoms with Crippen LogP contribution in [0.5, 0.6) is 0 Å². The third-order valence-electron chi connectivity index (χ3n) is 6.61. The molecule has 174 valence electrons. The van der Waals surface area contributed by atoms with E-state index in [1.165, 1.54) is 6.08 Å². The number of rotatable bonds is 4. The van der Waals surface area contributed by atoms with Crippen molar-refractivity contribution in [3.05, 3.63) is 51.5 Å². The number of aromatic nitrogens is 2. The topological polar surface area (TPSA) is 88.1 Å². The van der Waals surface area contributed by atoms with Crippen molar-refractivity contribution < 1.29 is 9.13 Å². The number of hydrogen-bond donors (Lipinski definition) is 1. The summed E-state index contributed by atoms with van der Waals surface area (Å²) in [4.78, 5) is 12.1. The maximum absolute atomic E-state index is 14.8. The highest BCUT2D eigenvalue weighted by molar-refractivity contribution is 7.28. The van der Waals surface area contributed by atoms with Crippen LogP contribution in [0.3, 0.4) is 0 Å². The van der Waals surface area contributed by atoms with E-state index in [-0.39, 0.29) is 10.6 Å². The summed E-state index contributed by atoms with van der Waals surface area (Å²) in [5.74, 6) is 0.877. The number of fused-ring (bicyclic) bond motifs is 3. The van der Waals surface area contributed by atoms with Crippen LogP contribution in [0.4, 0.5) is 15.3 Å². The molecule has 3 aromatic rings. The molecule has 6 nitrogen and oxygen atoms in total. The van der Waals surface area contributed by atoms with Crippen LogP contribution in [0.2, 0.25) is 0 Å². The molecule has 0 saturated carbocycles. The Morgan fingerprint density at radius 1 is 1.41 bits per heavy atom. The summed E-state index contributed by atoms with van der Waals surface area (Å²) in [6.45, 7) is 10.9. The molecule has 2 aliphatic heterocycles. The van der Waals surface area contributed by atoms with Crippen LogP contribution in [0.25, 0.3) is 22.3 Å². The van der Waals surface area contributed by atoms with E-state index in [4.69, 9.17) is 15.5 Å². The maximum atomic E-state index is 14.8. The van der Waals surface area contributed by atoms with Crippen molar-refractivity contribution >= 4 is 59.1 Å². The van der Waals surface area contributed by atoms with Gasteiger partial charge in [0, 0.05) is 35.5 Å². The Morgan fingerprint density at radius 3 is 2.85 bits per heavy atom. The number of benzene rings is 1. The fourth-order valence-corrected chi connectivity index (χ4v) is 6.44. The molecule has 1 fully saturated rings. The molecule has 2 unspecified atom stereocenters. The first-order valence-corrected chi connectivity index (χ1v) is 12.5. The number of halogens is 1. The van der Waals surface area contributed by atoms with Crippen LogP contribution in [0, 0.1) is 17.2 Å². The summed E-state index contributed by atoms with van der Waals surface area (Å²) in [7, 11) is 2.79. The largest absolute Gasteiger partial charge is 0.389 e. The number of nitrogens with zero attached hydrogens (tertiary/aromatic N) is 4.